The molecular weight excluding hydrogens is 336 g/mol. The molecule has 0 aliphatic heterocycles. The largest absolute Gasteiger partial charge is 0.497 e. The van der Waals surface area contributed by atoms with Gasteiger partial charge in [0, 0.05) is 11.6 Å². The molecule has 26 heavy (non-hydrogen) atoms. The van der Waals surface area contributed by atoms with Crippen LogP contribution in [0.4, 0.5) is 11.6 Å². The minimum absolute atomic E-state index is 0.334. The number of hydrogen-bond donors (Lipinski definition) is 2. The molecular formula is C18H18N4O4. The number of aromatic nitrogens is 2. The molecule has 8 nitrogen and oxygen atoms in total. The first-order valence-corrected chi connectivity index (χ1v) is 7.82. The molecule has 0 aliphatic carbocycles. The molecule has 3 rings (SSSR count). The van der Waals surface area contributed by atoms with Crippen LogP contribution in [0.1, 0.15) is 16.1 Å². The van der Waals surface area contributed by atoms with E-state index in [2.05, 4.69) is 20.8 Å². The van der Waals surface area contributed by atoms with Crippen LogP contribution in [0.2, 0.25) is 0 Å². The quantitative estimate of drug-likeness (QED) is 0.673. The van der Waals surface area contributed by atoms with Crippen molar-refractivity contribution in [2.75, 3.05) is 24.9 Å². The summed E-state index contributed by atoms with van der Waals surface area (Å²) in [4.78, 5) is 12.4. The van der Waals surface area contributed by atoms with Gasteiger partial charge >= 0.3 is 0 Å². The van der Waals surface area contributed by atoms with Crippen molar-refractivity contribution in [1.82, 2.24) is 10.2 Å². The molecule has 0 bridgehead atoms. The second kappa shape index (κ2) is 8.02. The van der Waals surface area contributed by atoms with E-state index in [0.29, 0.717) is 35.2 Å². The van der Waals surface area contributed by atoms with E-state index in [1.165, 1.54) is 14.2 Å². The normalized spacial score (nSPS) is 10.2. The zero-order valence-electron chi connectivity index (χ0n) is 14.4. The van der Waals surface area contributed by atoms with E-state index >= 15 is 0 Å². The Morgan fingerprint density at radius 2 is 1.73 bits per heavy atom. The van der Waals surface area contributed by atoms with Gasteiger partial charge in [-0.3, -0.25) is 4.79 Å². The predicted octanol–water partition coefficient (Wildman–Crippen LogP) is 2.95. The summed E-state index contributed by atoms with van der Waals surface area (Å²) < 4.78 is 15.6. The Balaban J connectivity index is 1.64. The van der Waals surface area contributed by atoms with Crippen LogP contribution in [0.15, 0.2) is 53.1 Å². The summed E-state index contributed by atoms with van der Waals surface area (Å²) >= 11 is 0. The average Bonchev–Trinajstić information content (AvgIpc) is 3.20. The van der Waals surface area contributed by atoms with Gasteiger partial charge in [0.15, 0.2) is 5.82 Å². The van der Waals surface area contributed by atoms with E-state index in [4.69, 9.17) is 13.9 Å². The fourth-order valence-electron chi connectivity index (χ4n) is 2.21. The molecule has 0 radical (unpaired) electrons. The third-order valence-electron chi connectivity index (χ3n) is 3.54. The Kier molecular flexibility index (Phi) is 5.33. The van der Waals surface area contributed by atoms with E-state index < -0.39 is 0 Å². The topological polar surface area (TPSA) is 98.5 Å². The predicted molar refractivity (Wildman–Crippen MR) is 95.6 cm³/mol. The highest BCUT2D eigenvalue weighted by molar-refractivity contribution is 6.04. The van der Waals surface area contributed by atoms with Gasteiger partial charge in [-0.05, 0) is 36.4 Å². The van der Waals surface area contributed by atoms with Gasteiger partial charge in [-0.1, -0.05) is 0 Å². The molecule has 134 valence electrons. The molecule has 2 N–H and O–H groups in total. The maximum atomic E-state index is 12.4. The molecule has 0 aliphatic rings. The van der Waals surface area contributed by atoms with Gasteiger partial charge in [-0.25, -0.2) is 0 Å². The van der Waals surface area contributed by atoms with Crippen molar-refractivity contribution < 1.29 is 18.7 Å². The molecule has 0 atom stereocenters. The van der Waals surface area contributed by atoms with Crippen molar-refractivity contribution in [3.63, 3.8) is 0 Å². The van der Waals surface area contributed by atoms with Crippen molar-refractivity contribution in [2.45, 2.75) is 6.54 Å². The Bertz CT molecular complexity index is 841. The van der Waals surface area contributed by atoms with Crippen molar-refractivity contribution >= 4 is 17.5 Å². The lowest BCUT2D eigenvalue weighted by Gasteiger charge is -2.09. The highest BCUT2D eigenvalue weighted by Crippen LogP contribution is 2.23. The minimum atomic E-state index is -0.340. The number of benzene rings is 1. The maximum Gasteiger partial charge on any atom is 0.257 e. The number of methoxy groups -OCH3 is 2. The smallest absolute Gasteiger partial charge is 0.257 e. The molecule has 0 fully saturated rings. The first-order valence-electron chi connectivity index (χ1n) is 7.82. The number of rotatable bonds is 7. The standard InChI is InChI=1S/C18H18N4O4/c1-24-14-8-12(9-15(10-14)25-2)18(23)20-17-6-5-16(21-22-17)19-11-13-4-3-7-26-13/h3-10H,11H2,1-2H3,(H,19,21)(H,20,22,23). The summed E-state index contributed by atoms with van der Waals surface area (Å²) in [5.41, 5.74) is 0.392. The van der Waals surface area contributed by atoms with Crippen LogP contribution in [0, 0.1) is 0 Å². The number of amides is 1. The summed E-state index contributed by atoms with van der Waals surface area (Å²) in [5.74, 6) is 2.41. The molecule has 0 spiro atoms. The molecule has 2 heterocycles. The fraction of sp³-hybridized carbons (Fsp3) is 0.167. The number of carbonyl (C=O) groups excluding carboxylic acids is 1. The second-order valence-corrected chi connectivity index (χ2v) is 5.29. The van der Waals surface area contributed by atoms with Crippen LogP contribution in [0.5, 0.6) is 11.5 Å². The number of nitrogens with zero attached hydrogens (tertiary/aromatic N) is 2. The van der Waals surface area contributed by atoms with E-state index in [1.54, 1.807) is 36.6 Å². The van der Waals surface area contributed by atoms with Gasteiger partial charge in [0.1, 0.15) is 23.1 Å². The van der Waals surface area contributed by atoms with E-state index in [9.17, 15) is 4.79 Å². The van der Waals surface area contributed by atoms with E-state index in [-0.39, 0.29) is 5.91 Å². The van der Waals surface area contributed by atoms with Crippen LogP contribution in [0.25, 0.3) is 0 Å². The van der Waals surface area contributed by atoms with Gasteiger partial charge in [0.05, 0.1) is 27.0 Å². The Labute approximate surface area is 150 Å². The molecule has 0 unspecified atom stereocenters. The molecule has 0 saturated heterocycles. The van der Waals surface area contributed by atoms with Crippen molar-refractivity contribution in [3.8, 4) is 11.5 Å². The third kappa shape index (κ3) is 4.29. The van der Waals surface area contributed by atoms with Gasteiger partial charge < -0.3 is 24.5 Å². The van der Waals surface area contributed by atoms with Crippen LogP contribution in [0.3, 0.4) is 0 Å². The number of anilines is 2. The van der Waals surface area contributed by atoms with E-state index in [1.807, 2.05) is 12.1 Å². The molecule has 0 saturated carbocycles. The Morgan fingerprint density at radius 3 is 2.31 bits per heavy atom. The van der Waals surface area contributed by atoms with Gasteiger partial charge in [-0.15, -0.1) is 10.2 Å². The summed E-state index contributed by atoms with van der Waals surface area (Å²) in [6, 6.07) is 12.0. The van der Waals surface area contributed by atoms with E-state index in [0.717, 1.165) is 5.76 Å². The number of carbonyl (C=O) groups is 1. The first kappa shape index (κ1) is 17.3. The number of ether oxygens (including phenoxy) is 2. The van der Waals surface area contributed by atoms with Crippen molar-refractivity contribution in [2.24, 2.45) is 0 Å². The molecule has 1 aromatic carbocycles. The lowest BCUT2D eigenvalue weighted by atomic mass is 10.2. The lowest BCUT2D eigenvalue weighted by Crippen LogP contribution is -2.14. The second-order valence-electron chi connectivity index (χ2n) is 5.29. The van der Waals surface area contributed by atoms with Crippen molar-refractivity contribution in [3.05, 3.63) is 60.1 Å². The average molecular weight is 354 g/mol. The Morgan fingerprint density at radius 1 is 1.04 bits per heavy atom. The van der Waals surface area contributed by atoms with Crippen LogP contribution in [-0.4, -0.2) is 30.3 Å². The van der Waals surface area contributed by atoms with Crippen molar-refractivity contribution in [1.29, 1.82) is 0 Å². The van der Waals surface area contributed by atoms with Gasteiger partial charge in [0.25, 0.3) is 5.91 Å². The van der Waals surface area contributed by atoms with Crippen LogP contribution in [-0.2, 0) is 6.54 Å². The summed E-state index contributed by atoms with van der Waals surface area (Å²) in [7, 11) is 3.05. The van der Waals surface area contributed by atoms with Crippen LogP contribution < -0.4 is 20.1 Å². The highest BCUT2D eigenvalue weighted by atomic mass is 16.5. The summed E-state index contributed by atoms with van der Waals surface area (Å²) in [5, 5.41) is 13.8. The molecule has 8 heteroatoms. The zero-order valence-corrected chi connectivity index (χ0v) is 14.4. The minimum Gasteiger partial charge on any atom is -0.497 e. The number of nitrogens with one attached hydrogen (secondary N) is 2. The number of furan rings is 1. The molecule has 1 amide bonds. The highest BCUT2D eigenvalue weighted by Gasteiger charge is 2.11. The monoisotopic (exact) mass is 354 g/mol. The van der Waals surface area contributed by atoms with Gasteiger partial charge in [-0.2, -0.15) is 0 Å². The molecule has 2 aromatic heterocycles. The first-order chi connectivity index (χ1) is 12.7. The Hall–Kier alpha value is -3.55. The maximum absolute atomic E-state index is 12.4. The third-order valence-corrected chi connectivity index (χ3v) is 3.54. The summed E-state index contributed by atoms with van der Waals surface area (Å²) in [6.07, 6.45) is 1.61. The lowest BCUT2D eigenvalue weighted by molar-refractivity contribution is 0.102. The van der Waals surface area contributed by atoms with Crippen LogP contribution >= 0.6 is 0 Å². The summed E-state index contributed by atoms with van der Waals surface area (Å²) in [6.45, 7) is 0.497. The van der Waals surface area contributed by atoms with Gasteiger partial charge in [0.2, 0.25) is 0 Å². The molecule has 3 aromatic rings. The number of hydrogen-bond acceptors (Lipinski definition) is 7. The SMILES string of the molecule is COc1cc(OC)cc(C(=O)Nc2ccc(NCc3ccco3)nn2)c1. The fourth-order valence-corrected chi connectivity index (χ4v) is 2.21. The zero-order chi connectivity index (χ0) is 18.4.